The normalized spacial score (nSPS) is 11.8. The van der Waals surface area contributed by atoms with Crippen molar-refractivity contribution < 1.29 is 4.42 Å². The molecule has 0 aliphatic carbocycles. The Labute approximate surface area is 306 Å². The molecule has 0 bridgehead atoms. The molecule has 2 aromatic heterocycles. The lowest BCUT2D eigenvalue weighted by Crippen LogP contribution is -2.10. The van der Waals surface area contributed by atoms with Gasteiger partial charge in [-0.25, -0.2) is 0 Å². The average Bonchev–Trinajstić information content (AvgIpc) is 3.78. The molecular weight excluding hydrogens is 645 g/mol. The summed E-state index contributed by atoms with van der Waals surface area (Å²) in [6.45, 7) is 0. The van der Waals surface area contributed by atoms with E-state index in [0.29, 0.717) is 0 Å². The van der Waals surface area contributed by atoms with E-state index >= 15 is 0 Å². The fourth-order valence-electron chi connectivity index (χ4n) is 8.27. The summed E-state index contributed by atoms with van der Waals surface area (Å²) in [6, 6.07) is 69.7. The van der Waals surface area contributed by atoms with Crippen molar-refractivity contribution in [2.75, 3.05) is 4.90 Å². The molecule has 0 fully saturated rings. The highest BCUT2D eigenvalue weighted by Crippen LogP contribution is 2.46. The highest BCUT2D eigenvalue weighted by atomic mass is 16.3. The first-order valence-electron chi connectivity index (χ1n) is 18.1. The molecule has 0 amide bonds. The number of rotatable bonds is 5. The van der Waals surface area contributed by atoms with E-state index in [9.17, 15) is 0 Å². The Morgan fingerprint density at radius 3 is 1.66 bits per heavy atom. The highest BCUT2D eigenvalue weighted by Gasteiger charge is 2.22. The number of hydrogen-bond acceptors (Lipinski definition) is 2. The summed E-state index contributed by atoms with van der Waals surface area (Å²) in [4.78, 5) is 2.35. The van der Waals surface area contributed by atoms with Crippen LogP contribution in [0.25, 0.3) is 82.1 Å². The van der Waals surface area contributed by atoms with Crippen LogP contribution in [0, 0.1) is 0 Å². The van der Waals surface area contributed by atoms with Crippen LogP contribution in [0.15, 0.2) is 199 Å². The van der Waals surface area contributed by atoms with Gasteiger partial charge in [-0.3, -0.25) is 0 Å². The quantitative estimate of drug-likeness (QED) is 0.181. The van der Waals surface area contributed by atoms with Crippen LogP contribution in [0.1, 0.15) is 0 Å². The largest absolute Gasteiger partial charge is 0.454 e. The summed E-state index contributed by atoms with van der Waals surface area (Å²) in [5, 5.41) is 9.56. The zero-order chi connectivity index (χ0) is 34.9. The number of furan rings is 1. The van der Waals surface area contributed by atoms with Gasteiger partial charge in [0.2, 0.25) is 0 Å². The second-order valence-corrected chi connectivity index (χ2v) is 13.7. The zero-order valence-electron chi connectivity index (χ0n) is 28.8. The van der Waals surface area contributed by atoms with Gasteiger partial charge >= 0.3 is 0 Å². The third-order valence-corrected chi connectivity index (χ3v) is 10.7. The van der Waals surface area contributed by atoms with Crippen molar-refractivity contribution in [3.63, 3.8) is 0 Å². The van der Waals surface area contributed by atoms with Crippen molar-refractivity contribution >= 4 is 82.4 Å². The van der Waals surface area contributed by atoms with Gasteiger partial charge in [0, 0.05) is 38.6 Å². The zero-order valence-corrected chi connectivity index (χ0v) is 28.8. The molecule has 11 rings (SSSR count). The Morgan fingerprint density at radius 2 is 0.943 bits per heavy atom. The van der Waals surface area contributed by atoms with Crippen LogP contribution < -0.4 is 4.90 Å². The standard InChI is InChI=1S/C50H32N2O/c1-2-12-36-31-40(30-25-33(36)11-1)51(47-32-37-13-3-4-14-41(37)49-44-17-7-10-20-48(44)53-50(47)49)38-26-21-34(22-27-38)35-23-28-39(29-24-35)52-45-18-8-5-15-42(45)43-16-6-9-19-46(43)52/h1-32H. The van der Waals surface area contributed by atoms with Gasteiger partial charge in [-0.05, 0) is 93.3 Å². The van der Waals surface area contributed by atoms with Crippen LogP contribution in [0.4, 0.5) is 17.1 Å². The molecule has 0 saturated carbocycles. The van der Waals surface area contributed by atoms with E-state index < -0.39 is 0 Å². The first-order valence-corrected chi connectivity index (χ1v) is 18.1. The fourth-order valence-corrected chi connectivity index (χ4v) is 8.27. The highest BCUT2D eigenvalue weighted by molar-refractivity contribution is 6.23. The number of benzene rings is 9. The summed E-state index contributed by atoms with van der Waals surface area (Å²) in [5.74, 6) is 0. The van der Waals surface area contributed by atoms with Crippen LogP contribution in [-0.4, -0.2) is 4.57 Å². The van der Waals surface area contributed by atoms with E-state index in [1.165, 1.54) is 48.9 Å². The maximum absolute atomic E-state index is 6.75. The van der Waals surface area contributed by atoms with Gasteiger partial charge in [0.25, 0.3) is 0 Å². The minimum atomic E-state index is 0.878. The third-order valence-electron chi connectivity index (χ3n) is 10.7. The van der Waals surface area contributed by atoms with Gasteiger partial charge in [0.15, 0.2) is 5.58 Å². The molecule has 0 atom stereocenters. The van der Waals surface area contributed by atoms with Gasteiger partial charge in [-0.15, -0.1) is 0 Å². The lowest BCUT2D eigenvalue weighted by molar-refractivity contribution is 0.669. The molecule has 0 unspecified atom stereocenters. The Kier molecular flexibility index (Phi) is 6.55. The predicted molar refractivity (Wildman–Crippen MR) is 223 cm³/mol. The molecule has 248 valence electrons. The van der Waals surface area contributed by atoms with Gasteiger partial charge in [0.1, 0.15) is 5.58 Å². The number of aromatic nitrogens is 1. The second kappa shape index (κ2) is 11.7. The molecule has 0 spiro atoms. The summed E-state index contributed by atoms with van der Waals surface area (Å²) in [6.07, 6.45) is 0. The van der Waals surface area contributed by atoms with Crippen LogP contribution >= 0.6 is 0 Å². The lowest BCUT2D eigenvalue weighted by Gasteiger charge is -2.26. The lowest BCUT2D eigenvalue weighted by atomic mass is 10.0. The molecule has 11 aromatic rings. The van der Waals surface area contributed by atoms with Gasteiger partial charge in [-0.2, -0.15) is 0 Å². The number of anilines is 3. The van der Waals surface area contributed by atoms with Crippen molar-refractivity contribution in [1.82, 2.24) is 4.57 Å². The van der Waals surface area contributed by atoms with Crippen molar-refractivity contribution in [3.8, 4) is 16.8 Å². The molecule has 0 N–H and O–H groups in total. The topological polar surface area (TPSA) is 21.3 Å². The number of hydrogen-bond donors (Lipinski definition) is 0. The van der Waals surface area contributed by atoms with Gasteiger partial charge < -0.3 is 13.9 Å². The summed E-state index contributed by atoms with van der Waals surface area (Å²) in [7, 11) is 0. The minimum absolute atomic E-state index is 0.878. The molecular formula is C50H32N2O. The van der Waals surface area contributed by atoms with E-state index in [0.717, 1.165) is 50.3 Å². The van der Waals surface area contributed by atoms with E-state index in [-0.39, 0.29) is 0 Å². The SMILES string of the molecule is c1ccc2cc(N(c3ccc(-c4ccc(-n5c6ccccc6c6ccccc65)cc4)cc3)c3cc4ccccc4c4c3oc3ccccc34)ccc2c1. The maximum atomic E-state index is 6.75. The smallest absolute Gasteiger partial charge is 0.160 e. The van der Waals surface area contributed by atoms with Crippen molar-refractivity contribution in [2.24, 2.45) is 0 Å². The van der Waals surface area contributed by atoms with Gasteiger partial charge in [-0.1, -0.05) is 133 Å². The maximum Gasteiger partial charge on any atom is 0.160 e. The van der Waals surface area contributed by atoms with E-state index in [1.54, 1.807) is 0 Å². The summed E-state index contributed by atoms with van der Waals surface area (Å²) < 4.78 is 9.11. The Morgan fingerprint density at radius 1 is 0.396 bits per heavy atom. The number of fused-ring (bicyclic) bond motifs is 9. The van der Waals surface area contributed by atoms with E-state index in [4.69, 9.17) is 4.42 Å². The van der Waals surface area contributed by atoms with Crippen molar-refractivity contribution in [3.05, 3.63) is 194 Å². The molecule has 0 radical (unpaired) electrons. The molecule has 0 saturated heterocycles. The molecule has 3 nitrogen and oxygen atoms in total. The van der Waals surface area contributed by atoms with Crippen LogP contribution in [0.3, 0.4) is 0 Å². The molecule has 2 heterocycles. The van der Waals surface area contributed by atoms with E-state index in [1.807, 2.05) is 6.07 Å². The second-order valence-electron chi connectivity index (χ2n) is 13.7. The molecule has 0 aliphatic heterocycles. The van der Waals surface area contributed by atoms with Crippen molar-refractivity contribution in [2.45, 2.75) is 0 Å². The minimum Gasteiger partial charge on any atom is -0.454 e. The fraction of sp³-hybridized carbons (Fsp3) is 0. The van der Waals surface area contributed by atoms with Crippen LogP contribution in [-0.2, 0) is 0 Å². The predicted octanol–water partition coefficient (Wildman–Crippen LogP) is 14.1. The average molecular weight is 677 g/mol. The van der Waals surface area contributed by atoms with Crippen LogP contribution in [0.5, 0.6) is 0 Å². The first-order chi connectivity index (χ1) is 26.3. The molecule has 3 heteroatoms. The van der Waals surface area contributed by atoms with Crippen LogP contribution in [0.2, 0.25) is 0 Å². The molecule has 0 aliphatic rings. The molecule has 9 aromatic carbocycles. The first kappa shape index (κ1) is 29.6. The summed E-state index contributed by atoms with van der Waals surface area (Å²) in [5.41, 5.74) is 10.8. The van der Waals surface area contributed by atoms with Crippen molar-refractivity contribution in [1.29, 1.82) is 0 Å². The number of para-hydroxylation sites is 3. The Balaban J connectivity index is 1.05. The number of nitrogens with zero attached hydrogens (tertiary/aromatic N) is 2. The van der Waals surface area contributed by atoms with Gasteiger partial charge in [0.05, 0.1) is 16.7 Å². The molecule has 53 heavy (non-hydrogen) atoms. The Bertz CT molecular complexity index is 3110. The van der Waals surface area contributed by atoms with E-state index in [2.05, 4.69) is 198 Å². The Hall–Kier alpha value is -7.10. The third kappa shape index (κ3) is 4.68. The summed E-state index contributed by atoms with van der Waals surface area (Å²) >= 11 is 0. The monoisotopic (exact) mass is 676 g/mol.